The smallest absolute Gasteiger partial charge is 0.187 e. The van der Waals surface area contributed by atoms with Crippen LogP contribution in [-0.4, -0.2) is 35.7 Å². The number of phenolic OH excluding ortho intramolecular Hbond substituents is 1. The van der Waals surface area contributed by atoms with Crippen molar-refractivity contribution in [3.63, 3.8) is 0 Å². The molecule has 0 heterocycles. The predicted octanol–water partition coefficient (Wildman–Crippen LogP) is 1.92. The summed E-state index contributed by atoms with van der Waals surface area (Å²) in [6.07, 6.45) is 0. The Morgan fingerprint density at radius 3 is 2.85 bits per heavy atom. The standard InChI is InChI=1S/C14H21N3O2S/c1-9-5-6-13(18)12(7-9)11(3)16-17-14(20)15-10(2)8-19-4/h5-7,10,18H,8H2,1-4H3,(H2,15,17,20)/b16-11+/t10-/m1/s1. The van der Waals surface area contributed by atoms with E-state index >= 15 is 0 Å². The van der Waals surface area contributed by atoms with Crippen LogP contribution < -0.4 is 10.7 Å². The van der Waals surface area contributed by atoms with E-state index in [0.29, 0.717) is 23.0 Å². The van der Waals surface area contributed by atoms with Gasteiger partial charge in [0.2, 0.25) is 0 Å². The summed E-state index contributed by atoms with van der Waals surface area (Å²) in [5.41, 5.74) is 5.16. The summed E-state index contributed by atoms with van der Waals surface area (Å²) in [4.78, 5) is 0. The summed E-state index contributed by atoms with van der Waals surface area (Å²) in [6, 6.07) is 5.47. The molecule has 0 aliphatic rings. The minimum Gasteiger partial charge on any atom is -0.507 e. The Kier molecular flexibility index (Phi) is 6.41. The van der Waals surface area contributed by atoms with Crippen molar-refractivity contribution < 1.29 is 9.84 Å². The van der Waals surface area contributed by atoms with E-state index in [-0.39, 0.29) is 11.8 Å². The van der Waals surface area contributed by atoms with Crippen molar-refractivity contribution in [2.45, 2.75) is 26.8 Å². The van der Waals surface area contributed by atoms with Gasteiger partial charge in [0, 0.05) is 18.7 Å². The van der Waals surface area contributed by atoms with E-state index in [1.165, 1.54) is 0 Å². The molecule has 6 heteroatoms. The average Bonchev–Trinajstić information content (AvgIpc) is 2.39. The number of hydrazone groups is 1. The molecule has 1 aromatic rings. The molecular formula is C14H21N3O2S. The van der Waals surface area contributed by atoms with E-state index < -0.39 is 0 Å². The van der Waals surface area contributed by atoms with Crippen LogP contribution in [0.1, 0.15) is 25.0 Å². The fraction of sp³-hybridized carbons (Fsp3) is 0.429. The lowest BCUT2D eigenvalue weighted by Crippen LogP contribution is -2.40. The highest BCUT2D eigenvalue weighted by Gasteiger charge is 2.06. The molecule has 20 heavy (non-hydrogen) atoms. The molecule has 5 nitrogen and oxygen atoms in total. The average molecular weight is 295 g/mol. The fourth-order valence-electron chi connectivity index (χ4n) is 1.68. The lowest BCUT2D eigenvalue weighted by Gasteiger charge is -2.14. The van der Waals surface area contributed by atoms with Gasteiger partial charge in [-0.25, -0.2) is 0 Å². The zero-order valence-corrected chi connectivity index (χ0v) is 13.0. The number of benzene rings is 1. The highest BCUT2D eigenvalue weighted by atomic mass is 32.1. The van der Waals surface area contributed by atoms with Gasteiger partial charge in [-0.1, -0.05) is 11.6 Å². The maximum absolute atomic E-state index is 9.81. The van der Waals surface area contributed by atoms with Crippen LogP contribution >= 0.6 is 12.2 Å². The Hall–Kier alpha value is -1.66. The Morgan fingerprint density at radius 2 is 2.20 bits per heavy atom. The molecule has 0 saturated carbocycles. The predicted molar refractivity (Wildman–Crippen MR) is 85.3 cm³/mol. The molecule has 0 bridgehead atoms. The first-order valence-corrected chi connectivity index (χ1v) is 6.74. The molecule has 110 valence electrons. The molecule has 1 atom stereocenters. The second-order valence-corrected chi connectivity index (χ2v) is 5.07. The van der Waals surface area contributed by atoms with E-state index in [0.717, 1.165) is 5.56 Å². The van der Waals surface area contributed by atoms with Gasteiger partial charge in [0.25, 0.3) is 0 Å². The second kappa shape index (κ2) is 7.81. The number of rotatable bonds is 5. The number of hydrogen-bond donors (Lipinski definition) is 3. The fourth-order valence-corrected chi connectivity index (χ4v) is 1.93. The molecule has 1 aromatic carbocycles. The molecule has 0 radical (unpaired) electrons. The lowest BCUT2D eigenvalue weighted by molar-refractivity contribution is 0.179. The Morgan fingerprint density at radius 1 is 1.50 bits per heavy atom. The van der Waals surface area contributed by atoms with E-state index in [1.54, 1.807) is 13.2 Å². The van der Waals surface area contributed by atoms with E-state index in [2.05, 4.69) is 15.8 Å². The van der Waals surface area contributed by atoms with Gasteiger partial charge in [-0.15, -0.1) is 0 Å². The highest BCUT2D eigenvalue weighted by Crippen LogP contribution is 2.18. The van der Waals surface area contributed by atoms with Gasteiger partial charge in [0.1, 0.15) is 5.75 Å². The van der Waals surface area contributed by atoms with E-state index in [1.807, 2.05) is 32.9 Å². The monoisotopic (exact) mass is 295 g/mol. The number of ether oxygens (including phenoxy) is 1. The van der Waals surface area contributed by atoms with Crippen LogP contribution in [0.4, 0.5) is 0 Å². The van der Waals surface area contributed by atoms with Crippen LogP contribution in [0.2, 0.25) is 0 Å². The van der Waals surface area contributed by atoms with Gasteiger partial charge in [0.05, 0.1) is 12.3 Å². The number of aryl methyl sites for hydroxylation is 1. The second-order valence-electron chi connectivity index (χ2n) is 4.66. The minimum atomic E-state index is 0.0999. The van der Waals surface area contributed by atoms with Crippen LogP contribution in [0.25, 0.3) is 0 Å². The zero-order valence-electron chi connectivity index (χ0n) is 12.2. The summed E-state index contributed by atoms with van der Waals surface area (Å²) < 4.78 is 5.01. The van der Waals surface area contributed by atoms with Crippen molar-refractivity contribution in [2.75, 3.05) is 13.7 Å². The Bertz CT molecular complexity index is 503. The van der Waals surface area contributed by atoms with Crippen molar-refractivity contribution in [1.29, 1.82) is 0 Å². The minimum absolute atomic E-state index is 0.0999. The van der Waals surface area contributed by atoms with Crippen molar-refractivity contribution >= 4 is 23.0 Å². The first kappa shape index (κ1) is 16.4. The molecule has 0 fully saturated rings. The van der Waals surface area contributed by atoms with Crippen LogP contribution in [0.3, 0.4) is 0 Å². The van der Waals surface area contributed by atoms with Gasteiger partial charge in [-0.3, -0.25) is 5.43 Å². The van der Waals surface area contributed by atoms with Gasteiger partial charge >= 0.3 is 0 Å². The SMILES string of the molecule is COC[C@@H](C)NC(=S)N/N=C(\C)c1cc(C)ccc1O. The van der Waals surface area contributed by atoms with Gasteiger partial charge in [-0.2, -0.15) is 5.10 Å². The molecule has 0 unspecified atom stereocenters. The van der Waals surface area contributed by atoms with E-state index in [9.17, 15) is 5.11 Å². The number of thiocarbonyl (C=S) groups is 1. The molecule has 0 amide bonds. The third kappa shape index (κ3) is 5.14. The highest BCUT2D eigenvalue weighted by molar-refractivity contribution is 7.80. The summed E-state index contributed by atoms with van der Waals surface area (Å²) in [6.45, 7) is 6.29. The number of nitrogens with one attached hydrogen (secondary N) is 2. The quantitative estimate of drug-likeness (QED) is 0.440. The number of aromatic hydroxyl groups is 1. The maximum atomic E-state index is 9.81. The molecule has 1 rings (SSSR count). The van der Waals surface area contributed by atoms with Crippen LogP contribution in [0.5, 0.6) is 5.75 Å². The summed E-state index contributed by atoms with van der Waals surface area (Å²) in [5.74, 6) is 0.199. The summed E-state index contributed by atoms with van der Waals surface area (Å²) in [7, 11) is 1.64. The third-order valence-corrected chi connectivity index (χ3v) is 2.87. The summed E-state index contributed by atoms with van der Waals surface area (Å²) >= 11 is 5.12. The van der Waals surface area contributed by atoms with Crippen LogP contribution in [0.15, 0.2) is 23.3 Å². The molecule has 0 aliphatic heterocycles. The molecule has 0 aromatic heterocycles. The molecule has 0 aliphatic carbocycles. The number of nitrogens with zero attached hydrogens (tertiary/aromatic N) is 1. The molecule has 0 saturated heterocycles. The van der Waals surface area contributed by atoms with E-state index in [4.69, 9.17) is 17.0 Å². The van der Waals surface area contributed by atoms with Crippen molar-refractivity contribution in [3.05, 3.63) is 29.3 Å². The molecular weight excluding hydrogens is 274 g/mol. The normalized spacial score (nSPS) is 12.9. The molecule has 3 N–H and O–H groups in total. The number of methoxy groups -OCH3 is 1. The van der Waals surface area contributed by atoms with Crippen molar-refractivity contribution in [2.24, 2.45) is 5.10 Å². The Labute approximate surface area is 125 Å². The number of phenols is 1. The molecule has 0 spiro atoms. The largest absolute Gasteiger partial charge is 0.507 e. The van der Waals surface area contributed by atoms with Crippen LogP contribution in [0, 0.1) is 6.92 Å². The maximum Gasteiger partial charge on any atom is 0.187 e. The Balaban J connectivity index is 2.65. The topological polar surface area (TPSA) is 65.9 Å². The van der Waals surface area contributed by atoms with Crippen molar-refractivity contribution in [3.8, 4) is 5.75 Å². The third-order valence-electron chi connectivity index (χ3n) is 2.66. The lowest BCUT2D eigenvalue weighted by atomic mass is 10.1. The first-order chi connectivity index (χ1) is 9.43. The number of hydrogen-bond acceptors (Lipinski definition) is 4. The summed E-state index contributed by atoms with van der Waals surface area (Å²) in [5, 5.41) is 17.4. The van der Waals surface area contributed by atoms with Gasteiger partial charge in [-0.05, 0) is 45.1 Å². The van der Waals surface area contributed by atoms with Gasteiger partial charge in [0.15, 0.2) is 5.11 Å². The van der Waals surface area contributed by atoms with Gasteiger partial charge < -0.3 is 15.2 Å². The van der Waals surface area contributed by atoms with Crippen LogP contribution in [-0.2, 0) is 4.74 Å². The zero-order chi connectivity index (χ0) is 15.1. The van der Waals surface area contributed by atoms with Crippen molar-refractivity contribution in [1.82, 2.24) is 10.7 Å². The first-order valence-electron chi connectivity index (χ1n) is 6.33.